The molecule has 0 aliphatic heterocycles. The van der Waals surface area contributed by atoms with Gasteiger partial charge >= 0.3 is 0 Å². The Morgan fingerprint density at radius 3 is 2.00 bits per heavy atom. The summed E-state index contributed by atoms with van der Waals surface area (Å²) in [6.07, 6.45) is 0.600. The molecule has 3 N–H and O–H groups in total. The summed E-state index contributed by atoms with van der Waals surface area (Å²) >= 11 is 0. The van der Waals surface area contributed by atoms with E-state index >= 15 is 0 Å². The average molecular weight is 139 g/mol. The molecule has 0 bridgehead atoms. The van der Waals surface area contributed by atoms with Crippen molar-refractivity contribution in [2.75, 3.05) is 6.54 Å². The second-order valence-electron chi connectivity index (χ2n) is 1.53. The molecule has 0 rings (SSSR count). The lowest BCUT2D eigenvalue weighted by Gasteiger charge is -2.13. The SMILES string of the molecule is NCCC(O)(P)P. The Bertz CT molecular complexity index is 51.4. The van der Waals surface area contributed by atoms with Crippen LogP contribution in [0.15, 0.2) is 0 Å². The van der Waals surface area contributed by atoms with Gasteiger partial charge in [-0.25, -0.2) is 0 Å². The fraction of sp³-hybridized carbons (Fsp3) is 1.00. The molecule has 4 heteroatoms. The van der Waals surface area contributed by atoms with Gasteiger partial charge in [0.2, 0.25) is 0 Å². The standard InChI is InChI=1S/C3H11NOP2/c4-2-1-3(5,6)7/h5H,1-2,4,6-7H2. The van der Waals surface area contributed by atoms with Gasteiger partial charge in [-0.05, 0) is 13.0 Å². The summed E-state index contributed by atoms with van der Waals surface area (Å²) in [4.78, 5) is 0. The van der Waals surface area contributed by atoms with Crippen LogP contribution < -0.4 is 5.73 Å². The predicted octanol–water partition coefficient (Wildman–Crippen LogP) is -0.269. The van der Waals surface area contributed by atoms with Crippen molar-refractivity contribution in [1.29, 1.82) is 0 Å². The zero-order valence-corrected chi connectivity index (χ0v) is 6.40. The Labute approximate surface area is 48.3 Å². The molecule has 44 valence electrons. The van der Waals surface area contributed by atoms with Crippen LogP contribution in [0.25, 0.3) is 0 Å². The number of aliphatic hydroxyl groups is 1. The Hall–Kier alpha value is 0.780. The van der Waals surface area contributed by atoms with Crippen molar-refractivity contribution in [3.8, 4) is 0 Å². The van der Waals surface area contributed by atoms with Gasteiger partial charge in [0.25, 0.3) is 0 Å². The minimum Gasteiger partial charge on any atom is -0.382 e. The van der Waals surface area contributed by atoms with Crippen LogP contribution >= 0.6 is 18.5 Å². The lowest BCUT2D eigenvalue weighted by atomic mass is 10.5. The quantitative estimate of drug-likeness (QED) is 0.517. The Kier molecular flexibility index (Phi) is 3.27. The molecule has 0 aromatic carbocycles. The smallest absolute Gasteiger partial charge is 0.0917 e. The second kappa shape index (κ2) is 2.94. The number of rotatable bonds is 2. The van der Waals surface area contributed by atoms with Gasteiger partial charge in [0.05, 0.1) is 5.08 Å². The summed E-state index contributed by atoms with van der Waals surface area (Å²) in [6, 6.07) is 0. The first kappa shape index (κ1) is 7.78. The molecule has 0 heterocycles. The molecule has 2 unspecified atom stereocenters. The van der Waals surface area contributed by atoms with E-state index in [-0.39, 0.29) is 0 Å². The van der Waals surface area contributed by atoms with E-state index in [1.54, 1.807) is 0 Å². The van der Waals surface area contributed by atoms with Crippen molar-refractivity contribution in [2.24, 2.45) is 5.73 Å². The van der Waals surface area contributed by atoms with E-state index in [0.29, 0.717) is 13.0 Å². The van der Waals surface area contributed by atoms with Crippen LogP contribution in [-0.4, -0.2) is 16.7 Å². The summed E-state index contributed by atoms with van der Waals surface area (Å²) in [7, 11) is 4.55. The average Bonchev–Trinajstić information content (AvgIpc) is 1.30. The summed E-state index contributed by atoms with van der Waals surface area (Å²) in [6.45, 7) is 0.517. The first-order valence-corrected chi connectivity index (χ1v) is 3.22. The third-order valence-electron chi connectivity index (χ3n) is 0.545. The third kappa shape index (κ3) is 6.78. The highest BCUT2D eigenvalue weighted by Crippen LogP contribution is 2.25. The fourth-order valence-electron chi connectivity index (χ4n) is 0.231. The normalized spacial score (nSPS) is 12.0. The van der Waals surface area contributed by atoms with Gasteiger partial charge in [0.15, 0.2) is 0 Å². The third-order valence-corrected chi connectivity index (χ3v) is 1.12. The maximum Gasteiger partial charge on any atom is 0.0917 e. The van der Waals surface area contributed by atoms with Gasteiger partial charge in [0.1, 0.15) is 0 Å². The molecule has 0 radical (unpaired) electrons. The Morgan fingerprint density at radius 1 is 1.57 bits per heavy atom. The predicted molar refractivity (Wildman–Crippen MR) is 38.0 cm³/mol. The molecule has 0 saturated heterocycles. The highest BCUT2D eigenvalue weighted by Gasteiger charge is 2.09. The van der Waals surface area contributed by atoms with Crippen molar-refractivity contribution in [3.05, 3.63) is 0 Å². The minimum absolute atomic E-state index is 0.517. The zero-order valence-electron chi connectivity index (χ0n) is 4.09. The van der Waals surface area contributed by atoms with Crippen molar-refractivity contribution >= 4 is 18.5 Å². The molecule has 0 saturated carbocycles. The van der Waals surface area contributed by atoms with E-state index in [9.17, 15) is 0 Å². The van der Waals surface area contributed by atoms with E-state index < -0.39 is 5.08 Å². The van der Waals surface area contributed by atoms with E-state index in [2.05, 4.69) is 18.5 Å². The largest absolute Gasteiger partial charge is 0.382 e. The van der Waals surface area contributed by atoms with Gasteiger partial charge in [-0.15, -0.1) is 0 Å². The highest BCUT2D eigenvalue weighted by molar-refractivity contribution is 7.39. The molecule has 0 spiro atoms. The van der Waals surface area contributed by atoms with Crippen molar-refractivity contribution in [2.45, 2.75) is 11.5 Å². The Morgan fingerprint density at radius 2 is 2.00 bits per heavy atom. The van der Waals surface area contributed by atoms with Crippen LogP contribution in [0.1, 0.15) is 6.42 Å². The highest BCUT2D eigenvalue weighted by atomic mass is 31.1. The van der Waals surface area contributed by atoms with Gasteiger partial charge in [-0.3, -0.25) is 0 Å². The Balaban J connectivity index is 3.15. The zero-order chi connectivity index (χ0) is 5.91. The summed E-state index contributed by atoms with van der Waals surface area (Å²) in [5.74, 6) is 0. The van der Waals surface area contributed by atoms with Gasteiger partial charge < -0.3 is 10.8 Å². The van der Waals surface area contributed by atoms with Crippen molar-refractivity contribution in [3.63, 3.8) is 0 Å². The van der Waals surface area contributed by atoms with E-state index in [1.165, 1.54) is 0 Å². The van der Waals surface area contributed by atoms with Crippen LogP contribution in [0.3, 0.4) is 0 Å². The van der Waals surface area contributed by atoms with Crippen LogP contribution in [0.4, 0.5) is 0 Å². The monoisotopic (exact) mass is 139 g/mol. The summed E-state index contributed by atoms with van der Waals surface area (Å²) in [5.41, 5.74) is 5.13. The van der Waals surface area contributed by atoms with E-state index in [4.69, 9.17) is 10.8 Å². The fourth-order valence-corrected chi connectivity index (χ4v) is 0.565. The lowest BCUT2D eigenvalue weighted by Crippen LogP contribution is -2.15. The summed E-state index contributed by atoms with van der Waals surface area (Å²) < 4.78 is 0. The molecular formula is C3H11NOP2. The van der Waals surface area contributed by atoms with Crippen LogP contribution in [0, 0.1) is 0 Å². The second-order valence-corrected chi connectivity index (χ2v) is 4.20. The molecule has 7 heavy (non-hydrogen) atoms. The molecule has 0 aromatic heterocycles. The maximum atomic E-state index is 8.86. The van der Waals surface area contributed by atoms with Gasteiger partial charge in [0, 0.05) is 0 Å². The van der Waals surface area contributed by atoms with Gasteiger partial charge in [-0.2, -0.15) is 0 Å². The van der Waals surface area contributed by atoms with Crippen LogP contribution in [-0.2, 0) is 0 Å². The molecular weight excluding hydrogens is 128 g/mol. The minimum atomic E-state index is -0.741. The van der Waals surface area contributed by atoms with Gasteiger partial charge in [-0.1, -0.05) is 18.5 Å². The van der Waals surface area contributed by atoms with Crippen LogP contribution in [0.5, 0.6) is 0 Å². The first-order chi connectivity index (χ1) is 3.06. The molecule has 2 atom stereocenters. The number of hydrogen-bond donors (Lipinski definition) is 2. The lowest BCUT2D eigenvalue weighted by molar-refractivity contribution is 0.220. The van der Waals surface area contributed by atoms with E-state index in [1.807, 2.05) is 0 Å². The summed E-state index contributed by atoms with van der Waals surface area (Å²) in [5, 5.41) is 8.12. The number of nitrogens with two attached hydrogens (primary N) is 1. The van der Waals surface area contributed by atoms with Crippen molar-refractivity contribution in [1.82, 2.24) is 0 Å². The molecule has 2 nitrogen and oxygen atoms in total. The first-order valence-electron chi connectivity index (χ1n) is 2.06. The van der Waals surface area contributed by atoms with Crippen LogP contribution in [0.2, 0.25) is 0 Å². The molecule has 0 amide bonds. The molecule has 0 aromatic rings. The molecule has 0 fully saturated rings. The molecule has 0 aliphatic rings. The van der Waals surface area contributed by atoms with E-state index in [0.717, 1.165) is 0 Å². The maximum absolute atomic E-state index is 8.86. The number of hydrogen-bond acceptors (Lipinski definition) is 2. The topological polar surface area (TPSA) is 46.2 Å². The van der Waals surface area contributed by atoms with Crippen molar-refractivity contribution < 1.29 is 5.11 Å². The molecule has 0 aliphatic carbocycles.